The highest BCUT2D eigenvalue weighted by Gasteiger charge is 2.39. The number of rotatable bonds is 10. The zero-order chi connectivity index (χ0) is 67.1. The second-order valence-corrected chi connectivity index (χ2v) is 28.4. The van der Waals surface area contributed by atoms with Gasteiger partial charge in [-0.25, -0.2) is 0 Å². The van der Waals surface area contributed by atoms with E-state index in [4.69, 9.17) is 9.47 Å². The minimum atomic E-state index is -0.268. The first-order valence-corrected chi connectivity index (χ1v) is 34.9. The lowest BCUT2D eigenvalue weighted by Gasteiger charge is -2.24. The topological polar surface area (TPSA) is 18.5 Å². The summed E-state index contributed by atoms with van der Waals surface area (Å²) in [5.74, 6) is 1.71. The first-order valence-electron chi connectivity index (χ1n) is 34.9. The van der Waals surface area contributed by atoms with Crippen molar-refractivity contribution < 1.29 is 9.47 Å². The van der Waals surface area contributed by atoms with Crippen LogP contribution in [0.5, 0.6) is 11.5 Å². The van der Waals surface area contributed by atoms with Gasteiger partial charge in [0, 0.05) is 10.8 Å². The van der Waals surface area contributed by atoms with Crippen LogP contribution in [-0.2, 0) is 10.8 Å². The van der Waals surface area contributed by atoms with Gasteiger partial charge in [0.1, 0.15) is 11.5 Å². The summed E-state index contributed by atoms with van der Waals surface area (Å²) in [6.07, 6.45) is 0. The lowest BCUT2D eigenvalue weighted by molar-refractivity contribution is 0.415. The lowest BCUT2D eigenvalue weighted by Crippen LogP contribution is -2.15. The predicted molar refractivity (Wildman–Crippen MR) is 423 cm³/mol. The molecule has 17 aromatic rings. The minimum Gasteiger partial charge on any atom is -0.497 e. The molecule has 0 heterocycles. The summed E-state index contributed by atoms with van der Waals surface area (Å²) in [6, 6.07) is 118. The predicted octanol–water partition coefficient (Wildman–Crippen LogP) is 26.6. The van der Waals surface area contributed by atoms with Crippen LogP contribution in [0.4, 0.5) is 0 Å². The van der Waals surface area contributed by atoms with Crippen molar-refractivity contribution in [2.75, 3.05) is 14.2 Å². The quantitative estimate of drug-likeness (QED) is 0.127. The molecule has 0 amide bonds. The number of hydrogen-bond donors (Lipinski definition) is 0. The van der Waals surface area contributed by atoms with Crippen molar-refractivity contribution >= 4 is 64.6 Å². The van der Waals surface area contributed by atoms with Crippen molar-refractivity contribution in [3.05, 3.63) is 338 Å². The minimum absolute atomic E-state index is 0.248. The van der Waals surface area contributed by atoms with Crippen molar-refractivity contribution in [2.24, 2.45) is 0 Å². The Kier molecular flexibility index (Phi) is 13.5. The molecule has 19 rings (SSSR count). The van der Waals surface area contributed by atoms with Crippen molar-refractivity contribution in [3.8, 4) is 123 Å². The maximum atomic E-state index is 5.48. The van der Waals surface area contributed by atoms with Gasteiger partial charge in [0.15, 0.2) is 0 Å². The van der Waals surface area contributed by atoms with E-state index in [1.54, 1.807) is 14.2 Å². The third-order valence-electron chi connectivity index (χ3n) is 22.5. The van der Waals surface area contributed by atoms with Crippen LogP contribution in [0.1, 0.15) is 49.9 Å². The summed E-state index contributed by atoms with van der Waals surface area (Å²) >= 11 is 0. The molecule has 100 heavy (non-hydrogen) atoms. The molecule has 17 aromatic carbocycles. The van der Waals surface area contributed by atoms with E-state index in [2.05, 4.69) is 319 Å². The Labute approximate surface area is 583 Å². The second kappa shape index (κ2) is 22.7. The largest absolute Gasteiger partial charge is 0.497 e. The van der Waals surface area contributed by atoms with Gasteiger partial charge in [0.25, 0.3) is 0 Å². The molecule has 0 spiro atoms. The Bertz CT molecular complexity index is 6070. The van der Waals surface area contributed by atoms with Gasteiger partial charge in [0.2, 0.25) is 0 Å². The van der Waals surface area contributed by atoms with Crippen molar-refractivity contribution in [2.45, 2.75) is 38.5 Å². The molecule has 0 aliphatic heterocycles. The molecule has 0 N–H and O–H groups in total. The second-order valence-electron chi connectivity index (χ2n) is 28.4. The van der Waals surface area contributed by atoms with E-state index in [-0.39, 0.29) is 10.8 Å². The molecule has 0 saturated heterocycles. The van der Waals surface area contributed by atoms with Crippen molar-refractivity contribution in [3.63, 3.8) is 0 Å². The fraction of sp³-hybridized carbons (Fsp3) is 0.0816. The average molecular weight is 1280 g/mol. The summed E-state index contributed by atoms with van der Waals surface area (Å²) in [7, 11) is 3.42. The van der Waals surface area contributed by atoms with Crippen molar-refractivity contribution in [1.29, 1.82) is 0 Å². The molecule has 2 aliphatic carbocycles. The molecule has 0 aromatic heterocycles. The van der Waals surface area contributed by atoms with E-state index in [1.807, 2.05) is 24.3 Å². The van der Waals surface area contributed by atoms with Crippen LogP contribution in [0.3, 0.4) is 0 Å². The molecule has 0 atom stereocenters. The molecule has 2 heteroatoms. The Hall–Kier alpha value is -12.1. The molecule has 474 valence electrons. The molecule has 0 radical (unpaired) electrons. The molecule has 0 bridgehead atoms. The van der Waals surface area contributed by atoms with Gasteiger partial charge in [-0.2, -0.15) is 0 Å². The molecular weight excluding hydrogens is 1210 g/mol. The van der Waals surface area contributed by atoms with Crippen LogP contribution in [-0.4, -0.2) is 14.2 Å². The maximum absolute atomic E-state index is 5.48. The molecular formula is C98H70O2. The Morgan fingerprint density at radius 1 is 0.180 bits per heavy atom. The highest BCUT2D eigenvalue weighted by Crippen LogP contribution is 2.57. The van der Waals surface area contributed by atoms with Crippen LogP contribution in [0.2, 0.25) is 0 Å². The number of benzene rings is 17. The summed E-state index contributed by atoms with van der Waals surface area (Å²) in [5.41, 5.74) is 29.8. The van der Waals surface area contributed by atoms with Gasteiger partial charge >= 0.3 is 0 Å². The van der Waals surface area contributed by atoms with Crippen LogP contribution in [0.15, 0.2) is 315 Å². The molecule has 0 fully saturated rings. The normalized spacial score (nSPS) is 13.3. The van der Waals surface area contributed by atoms with E-state index in [9.17, 15) is 0 Å². The average Bonchev–Trinajstić information content (AvgIpc) is 0.981. The Balaban J connectivity index is 0.664. The fourth-order valence-electron chi connectivity index (χ4n) is 17.5. The first kappa shape index (κ1) is 59.2. The van der Waals surface area contributed by atoms with Gasteiger partial charge in [-0.15, -0.1) is 0 Å². The number of fused-ring (bicyclic) bond motifs is 12. The van der Waals surface area contributed by atoms with Crippen molar-refractivity contribution in [1.82, 2.24) is 0 Å². The summed E-state index contributed by atoms with van der Waals surface area (Å²) in [6.45, 7) is 9.71. The SMILES string of the molecule is COc1ccc(-c2ccc(-c3c4ccccc4c(-c4ccc5c(c4)C(C)(C)c4cc(-c6ccc7c(c6)C(C)(C)c6cc(-c8c9ccccc9c(-c9c%10ccccc%10c(-c%10ccc(-c%11ccc(OC)cc%11)cc%10)c%10ccccc9%10)c9ccccc89)ccc6-7)ccc4-5)c4ccccc34)cc2)cc1. The third-order valence-corrected chi connectivity index (χ3v) is 22.5. The van der Waals surface area contributed by atoms with Gasteiger partial charge < -0.3 is 9.47 Å². The third kappa shape index (κ3) is 9.03. The van der Waals surface area contributed by atoms with E-state index >= 15 is 0 Å². The maximum Gasteiger partial charge on any atom is 0.118 e. The fourth-order valence-corrected chi connectivity index (χ4v) is 17.5. The standard InChI is InChI=1S/C98H70O2/c1-97(2)87-55-65(43-51-71(87)73-53-45-67(57-89(73)97)93-77-21-9-7-19-75(77)91(76-20-8-10-22-78(76)93)63-35-31-59(32-36-63)61-39-47-69(99-5)48-40-61)66-44-52-72-74-54-46-68(58-90(74)98(3,4)88(72)56-66)94-81-25-13-17-29-85(81)96(86-30-18-14-26-82(86)94)95-83-27-15-11-23-79(83)92(80-24-12-16-28-84(80)95)64-37-33-60(34-38-64)62-41-49-70(100-6)50-42-62/h7-58H,1-6H3. The summed E-state index contributed by atoms with van der Waals surface area (Å²) in [5, 5.41) is 14.9. The molecule has 2 nitrogen and oxygen atoms in total. The van der Waals surface area contributed by atoms with E-state index in [1.165, 1.54) is 193 Å². The van der Waals surface area contributed by atoms with Crippen LogP contribution >= 0.6 is 0 Å². The van der Waals surface area contributed by atoms with Gasteiger partial charge in [-0.1, -0.05) is 295 Å². The Morgan fingerprint density at radius 2 is 0.360 bits per heavy atom. The monoisotopic (exact) mass is 1280 g/mol. The van der Waals surface area contributed by atoms with E-state index in [0.29, 0.717) is 0 Å². The Morgan fingerprint density at radius 3 is 0.600 bits per heavy atom. The van der Waals surface area contributed by atoms with Crippen LogP contribution < -0.4 is 9.47 Å². The zero-order valence-corrected chi connectivity index (χ0v) is 56.8. The smallest absolute Gasteiger partial charge is 0.118 e. The summed E-state index contributed by atoms with van der Waals surface area (Å²) in [4.78, 5) is 0. The highest BCUT2D eigenvalue weighted by molar-refractivity contribution is 6.30. The van der Waals surface area contributed by atoms with E-state index < -0.39 is 0 Å². The molecule has 0 unspecified atom stereocenters. The van der Waals surface area contributed by atoms with Gasteiger partial charge in [-0.05, 0) is 247 Å². The first-order chi connectivity index (χ1) is 49.0. The number of hydrogen-bond acceptors (Lipinski definition) is 2. The highest BCUT2D eigenvalue weighted by atomic mass is 16.5. The lowest BCUT2D eigenvalue weighted by atomic mass is 9.78. The van der Waals surface area contributed by atoms with Crippen LogP contribution in [0, 0.1) is 0 Å². The molecule has 0 saturated carbocycles. The van der Waals surface area contributed by atoms with Gasteiger partial charge in [0.05, 0.1) is 14.2 Å². The van der Waals surface area contributed by atoms with Crippen LogP contribution in [0.25, 0.3) is 176 Å². The number of ether oxygens (including phenoxy) is 2. The summed E-state index contributed by atoms with van der Waals surface area (Å²) < 4.78 is 10.9. The van der Waals surface area contributed by atoms with E-state index in [0.717, 1.165) is 17.1 Å². The number of methoxy groups -OCH3 is 2. The zero-order valence-electron chi connectivity index (χ0n) is 56.8. The molecule has 2 aliphatic rings. The van der Waals surface area contributed by atoms with Gasteiger partial charge in [-0.3, -0.25) is 0 Å².